The molecular formula is C29H23N3O7S. The van der Waals surface area contributed by atoms with Gasteiger partial charge in [-0.3, -0.25) is 14.4 Å². The Bertz CT molecular complexity index is 1910. The van der Waals surface area contributed by atoms with Gasteiger partial charge in [-0.15, -0.1) is 0 Å². The van der Waals surface area contributed by atoms with E-state index in [1.807, 2.05) is 0 Å². The molecule has 0 atom stereocenters. The van der Waals surface area contributed by atoms with Crippen LogP contribution in [0.25, 0.3) is 10.8 Å². The Morgan fingerprint density at radius 3 is 2.60 bits per heavy atom. The number of furan rings is 1. The van der Waals surface area contributed by atoms with E-state index in [0.29, 0.717) is 39.3 Å². The summed E-state index contributed by atoms with van der Waals surface area (Å²) in [7, 11) is -3.83. The Morgan fingerprint density at radius 1 is 0.950 bits per heavy atom. The summed E-state index contributed by atoms with van der Waals surface area (Å²) in [4.78, 5) is 17.8. The molecule has 6 rings (SSSR count). The monoisotopic (exact) mass is 557 g/mol. The second kappa shape index (κ2) is 10.4. The molecule has 0 spiro atoms. The highest BCUT2D eigenvalue weighted by molar-refractivity contribution is 7.89. The van der Waals surface area contributed by atoms with Crippen LogP contribution in [0.2, 0.25) is 0 Å². The number of sulfonamides is 1. The van der Waals surface area contributed by atoms with Crippen LogP contribution in [-0.2, 0) is 23.1 Å². The molecule has 10 nitrogen and oxygen atoms in total. The Kier molecular flexibility index (Phi) is 6.58. The standard InChI is InChI=1S/C29H23N3O7S/c33-28-24-9-2-1-8-23(24)25(29(34)32(28)17-19-10-11-26-27(13-19)39-18-38-26)16-30-20-5-3-7-22(14-20)40(35,36)31-15-21-6-4-12-37-21/h1-14,16,31,34H,15,17-18H2. The zero-order chi connectivity index (χ0) is 27.7. The van der Waals surface area contributed by atoms with Crippen molar-refractivity contribution in [2.45, 2.75) is 18.0 Å². The van der Waals surface area contributed by atoms with Crippen LogP contribution in [0, 0.1) is 0 Å². The van der Waals surface area contributed by atoms with Crippen molar-refractivity contribution < 1.29 is 27.4 Å². The number of rotatable bonds is 8. The summed E-state index contributed by atoms with van der Waals surface area (Å²) in [6, 6.07) is 21.7. The summed E-state index contributed by atoms with van der Waals surface area (Å²) in [5.74, 6) is 1.40. The molecule has 11 heteroatoms. The van der Waals surface area contributed by atoms with E-state index in [2.05, 4.69) is 9.71 Å². The van der Waals surface area contributed by atoms with E-state index in [1.165, 1.54) is 29.2 Å². The molecule has 40 heavy (non-hydrogen) atoms. The molecule has 1 aliphatic rings. The first-order chi connectivity index (χ1) is 19.4. The van der Waals surface area contributed by atoms with Crippen LogP contribution >= 0.6 is 0 Å². The largest absolute Gasteiger partial charge is 0.494 e. The summed E-state index contributed by atoms with van der Waals surface area (Å²) in [5, 5.41) is 12.2. The lowest BCUT2D eigenvalue weighted by Gasteiger charge is -2.14. The minimum absolute atomic E-state index is 0.00754. The third-order valence-electron chi connectivity index (χ3n) is 6.45. The van der Waals surface area contributed by atoms with Crippen LogP contribution in [0.5, 0.6) is 17.4 Å². The molecule has 5 aromatic rings. The number of hydrogen-bond acceptors (Lipinski definition) is 8. The molecule has 0 radical (unpaired) electrons. The zero-order valence-electron chi connectivity index (χ0n) is 21.0. The minimum atomic E-state index is -3.83. The fourth-order valence-corrected chi connectivity index (χ4v) is 5.47. The summed E-state index contributed by atoms with van der Waals surface area (Å²) in [6.45, 7) is 0.221. The van der Waals surface area contributed by atoms with Crippen molar-refractivity contribution in [2.24, 2.45) is 4.99 Å². The lowest BCUT2D eigenvalue weighted by Crippen LogP contribution is -2.22. The Labute approximate surface area is 228 Å². The molecular weight excluding hydrogens is 534 g/mol. The third kappa shape index (κ3) is 4.95. The third-order valence-corrected chi connectivity index (χ3v) is 7.85. The summed E-state index contributed by atoms with van der Waals surface area (Å²) >= 11 is 0. The Balaban J connectivity index is 1.34. The van der Waals surface area contributed by atoms with Crippen molar-refractivity contribution in [1.29, 1.82) is 0 Å². The number of hydrogen-bond donors (Lipinski definition) is 2. The molecule has 0 saturated heterocycles. The first-order valence-electron chi connectivity index (χ1n) is 12.3. The fraction of sp³-hybridized carbons (Fsp3) is 0.103. The maximum atomic E-state index is 13.3. The number of nitrogens with one attached hydrogen (secondary N) is 1. The van der Waals surface area contributed by atoms with E-state index in [4.69, 9.17) is 13.9 Å². The summed E-state index contributed by atoms with van der Waals surface area (Å²) in [5.41, 5.74) is 1.04. The second-order valence-electron chi connectivity index (χ2n) is 9.02. The van der Waals surface area contributed by atoms with E-state index >= 15 is 0 Å². The number of benzene rings is 3. The van der Waals surface area contributed by atoms with Gasteiger partial charge >= 0.3 is 0 Å². The smallest absolute Gasteiger partial charge is 0.261 e. The number of ether oxygens (including phenoxy) is 2. The molecule has 3 aromatic carbocycles. The van der Waals surface area contributed by atoms with Gasteiger partial charge in [-0.25, -0.2) is 13.1 Å². The topological polar surface area (TPSA) is 132 Å². The fourth-order valence-electron chi connectivity index (χ4n) is 4.44. The molecule has 0 amide bonds. The summed E-state index contributed by atoms with van der Waals surface area (Å²) < 4.78 is 45.4. The van der Waals surface area contributed by atoms with Gasteiger partial charge < -0.3 is 19.0 Å². The predicted molar refractivity (Wildman–Crippen MR) is 148 cm³/mol. The van der Waals surface area contributed by atoms with Gasteiger partial charge in [0.25, 0.3) is 5.56 Å². The lowest BCUT2D eigenvalue weighted by molar-refractivity contribution is 0.174. The van der Waals surface area contributed by atoms with Crippen molar-refractivity contribution in [3.05, 3.63) is 112 Å². The van der Waals surface area contributed by atoms with Crippen molar-refractivity contribution in [2.75, 3.05) is 6.79 Å². The van der Waals surface area contributed by atoms with Crippen LogP contribution in [0.4, 0.5) is 5.69 Å². The van der Waals surface area contributed by atoms with E-state index in [1.54, 1.807) is 66.7 Å². The maximum Gasteiger partial charge on any atom is 0.261 e. The molecule has 202 valence electrons. The highest BCUT2D eigenvalue weighted by Gasteiger charge is 2.18. The highest BCUT2D eigenvalue weighted by atomic mass is 32.2. The van der Waals surface area contributed by atoms with Gasteiger partial charge in [-0.1, -0.05) is 30.3 Å². The van der Waals surface area contributed by atoms with E-state index in [-0.39, 0.29) is 36.2 Å². The molecule has 2 N–H and O–H groups in total. The van der Waals surface area contributed by atoms with Crippen LogP contribution < -0.4 is 19.8 Å². The van der Waals surface area contributed by atoms with Gasteiger partial charge in [0.15, 0.2) is 11.5 Å². The first kappa shape index (κ1) is 25.4. The minimum Gasteiger partial charge on any atom is -0.494 e. The number of aliphatic imine (C=N–C) groups is 1. The van der Waals surface area contributed by atoms with Crippen molar-refractivity contribution in [1.82, 2.24) is 9.29 Å². The van der Waals surface area contributed by atoms with E-state index in [9.17, 15) is 18.3 Å². The zero-order valence-corrected chi connectivity index (χ0v) is 21.8. The Hall–Kier alpha value is -4.87. The first-order valence-corrected chi connectivity index (χ1v) is 13.8. The molecule has 3 heterocycles. The van der Waals surface area contributed by atoms with Gasteiger partial charge in [-0.2, -0.15) is 0 Å². The summed E-state index contributed by atoms with van der Waals surface area (Å²) in [6.07, 6.45) is 2.89. The Morgan fingerprint density at radius 2 is 1.77 bits per heavy atom. The van der Waals surface area contributed by atoms with Crippen molar-refractivity contribution >= 4 is 32.7 Å². The van der Waals surface area contributed by atoms with Crippen LogP contribution in [0.15, 0.2) is 104 Å². The second-order valence-corrected chi connectivity index (χ2v) is 10.8. The van der Waals surface area contributed by atoms with Crippen LogP contribution in [0.1, 0.15) is 16.9 Å². The molecule has 1 aliphatic heterocycles. The maximum absolute atomic E-state index is 13.3. The lowest BCUT2D eigenvalue weighted by atomic mass is 10.1. The van der Waals surface area contributed by atoms with Crippen molar-refractivity contribution in [3.63, 3.8) is 0 Å². The van der Waals surface area contributed by atoms with Gasteiger partial charge in [0.05, 0.1) is 35.5 Å². The predicted octanol–water partition coefficient (Wildman–Crippen LogP) is 4.31. The van der Waals surface area contributed by atoms with E-state index in [0.717, 1.165) is 5.56 Å². The van der Waals surface area contributed by atoms with Gasteiger partial charge in [-0.05, 0) is 54.1 Å². The van der Waals surface area contributed by atoms with Gasteiger partial charge in [0.2, 0.25) is 22.7 Å². The number of fused-ring (bicyclic) bond motifs is 2. The van der Waals surface area contributed by atoms with Crippen LogP contribution in [0.3, 0.4) is 0 Å². The number of aromatic hydroxyl groups is 1. The molecule has 0 saturated carbocycles. The SMILES string of the molecule is O=c1c2ccccc2c(C=Nc2cccc(S(=O)(=O)NCc3ccco3)c2)c(O)n1Cc1ccc2c(c1)OCO2. The average Bonchev–Trinajstić information content (AvgIpc) is 3.66. The van der Waals surface area contributed by atoms with Gasteiger partial charge in [0.1, 0.15) is 5.76 Å². The number of pyridine rings is 1. The molecule has 2 aromatic heterocycles. The molecule has 0 fully saturated rings. The van der Waals surface area contributed by atoms with Crippen molar-refractivity contribution in [3.8, 4) is 17.4 Å². The molecule has 0 unspecified atom stereocenters. The quantitative estimate of drug-likeness (QED) is 0.272. The average molecular weight is 558 g/mol. The number of nitrogens with zero attached hydrogens (tertiary/aromatic N) is 2. The van der Waals surface area contributed by atoms with E-state index < -0.39 is 10.0 Å². The number of aromatic nitrogens is 1. The molecule has 0 aliphatic carbocycles. The highest BCUT2D eigenvalue weighted by Crippen LogP contribution is 2.33. The normalized spacial score (nSPS) is 12.9. The molecule has 0 bridgehead atoms. The van der Waals surface area contributed by atoms with Gasteiger partial charge in [0, 0.05) is 17.0 Å². The van der Waals surface area contributed by atoms with Crippen LogP contribution in [-0.4, -0.2) is 31.1 Å².